The molecule has 1 aliphatic rings. The molecule has 3 aromatic heterocycles. The van der Waals surface area contributed by atoms with Crippen molar-refractivity contribution in [2.24, 2.45) is 9.98 Å². The monoisotopic (exact) mass is 314 g/mol. The molecule has 1 N–H and O–H groups in total. The molecule has 116 valence electrons. The molecule has 0 aliphatic carbocycles. The molecule has 0 saturated carbocycles. The number of amidine groups is 2. The van der Waals surface area contributed by atoms with E-state index in [-0.39, 0.29) is 6.17 Å². The number of hydrogen-bond acceptors (Lipinski definition) is 6. The van der Waals surface area contributed by atoms with Gasteiger partial charge in [0, 0.05) is 53.9 Å². The fraction of sp³-hybridized carbons (Fsp3) is 0.0556. The van der Waals surface area contributed by atoms with Crippen molar-refractivity contribution in [2.45, 2.75) is 6.17 Å². The zero-order valence-electron chi connectivity index (χ0n) is 12.7. The van der Waals surface area contributed by atoms with Crippen LogP contribution in [0.2, 0.25) is 0 Å². The van der Waals surface area contributed by atoms with E-state index in [9.17, 15) is 0 Å². The molecule has 1 aliphatic heterocycles. The Labute approximate surface area is 139 Å². The average molecular weight is 314 g/mol. The van der Waals surface area contributed by atoms with Crippen molar-refractivity contribution in [3.8, 4) is 0 Å². The van der Waals surface area contributed by atoms with Gasteiger partial charge in [0.2, 0.25) is 0 Å². The minimum atomic E-state index is -0.319. The molecule has 0 radical (unpaired) electrons. The van der Waals surface area contributed by atoms with E-state index in [0.29, 0.717) is 0 Å². The minimum absolute atomic E-state index is 0.319. The SMILES string of the molecule is c1cc(C2=NC(c3ccncc3)N=C(c3ccncc3)N2)ccn1. The first kappa shape index (κ1) is 14.2. The predicted octanol–water partition coefficient (Wildman–Crippen LogP) is 2.37. The van der Waals surface area contributed by atoms with Crippen LogP contribution in [0.25, 0.3) is 0 Å². The van der Waals surface area contributed by atoms with Gasteiger partial charge in [-0.15, -0.1) is 0 Å². The first-order chi connectivity index (χ1) is 11.9. The van der Waals surface area contributed by atoms with Gasteiger partial charge in [0.1, 0.15) is 11.7 Å². The Morgan fingerprint density at radius 3 is 1.46 bits per heavy atom. The number of pyridine rings is 3. The van der Waals surface area contributed by atoms with Crippen LogP contribution in [-0.2, 0) is 0 Å². The molecular formula is C18H14N6. The van der Waals surface area contributed by atoms with E-state index in [1.165, 1.54) is 0 Å². The highest BCUT2D eigenvalue weighted by Gasteiger charge is 2.20. The Hall–Kier alpha value is -3.41. The van der Waals surface area contributed by atoms with E-state index < -0.39 is 0 Å². The minimum Gasteiger partial charge on any atom is -0.324 e. The summed E-state index contributed by atoms with van der Waals surface area (Å²) in [4.78, 5) is 21.7. The lowest BCUT2D eigenvalue weighted by Crippen LogP contribution is -2.36. The normalized spacial score (nSPS) is 14.5. The van der Waals surface area contributed by atoms with Gasteiger partial charge >= 0.3 is 0 Å². The van der Waals surface area contributed by atoms with Crippen LogP contribution < -0.4 is 5.32 Å². The summed E-state index contributed by atoms with van der Waals surface area (Å²) in [7, 11) is 0. The largest absolute Gasteiger partial charge is 0.324 e. The maximum Gasteiger partial charge on any atom is 0.169 e. The van der Waals surface area contributed by atoms with Gasteiger partial charge in [-0.3, -0.25) is 15.0 Å². The summed E-state index contributed by atoms with van der Waals surface area (Å²) < 4.78 is 0. The van der Waals surface area contributed by atoms with Crippen molar-refractivity contribution in [1.29, 1.82) is 0 Å². The Balaban J connectivity index is 1.78. The van der Waals surface area contributed by atoms with E-state index in [1.807, 2.05) is 36.4 Å². The number of aromatic nitrogens is 3. The third kappa shape index (κ3) is 2.89. The van der Waals surface area contributed by atoms with Gasteiger partial charge in [-0.2, -0.15) is 0 Å². The summed E-state index contributed by atoms with van der Waals surface area (Å²) >= 11 is 0. The van der Waals surface area contributed by atoms with E-state index in [1.54, 1.807) is 37.2 Å². The first-order valence-corrected chi connectivity index (χ1v) is 7.53. The van der Waals surface area contributed by atoms with E-state index in [0.717, 1.165) is 28.4 Å². The predicted molar refractivity (Wildman–Crippen MR) is 91.7 cm³/mol. The Bertz CT molecular complexity index is 820. The number of aliphatic imine (C=N–C) groups is 2. The molecule has 0 atom stereocenters. The smallest absolute Gasteiger partial charge is 0.169 e. The van der Waals surface area contributed by atoms with E-state index in [4.69, 9.17) is 9.98 Å². The van der Waals surface area contributed by atoms with Crippen molar-refractivity contribution in [1.82, 2.24) is 20.3 Å². The molecule has 0 fully saturated rings. The van der Waals surface area contributed by atoms with Crippen LogP contribution in [0.4, 0.5) is 0 Å². The molecule has 3 aromatic rings. The van der Waals surface area contributed by atoms with Crippen molar-refractivity contribution < 1.29 is 0 Å². The molecule has 6 heteroatoms. The number of nitrogens with zero attached hydrogens (tertiary/aromatic N) is 5. The van der Waals surface area contributed by atoms with Crippen LogP contribution in [0.1, 0.15) is 22.9 Å². The van der Waals surface area contributed by atoms with Gasteiger partial charge in [-0.25, -0.2) is 9.98 Å². The second-order valence-corrected chi connectivity index (χ2v) is 5.21. The topological polar surface area (TPSA) is 75.4 Å². The summed E-state index contributed by atoms with van der Waals surface area (Å²) in [5, 5.41) is 3.31. The maximum atomic E-state index is 4.74. The molecule has 0 saturated heterocycles. The number of rotatable bonds is 3. The zero-order valence-corrected chi connectivity index (χ0v) is 12.7. The van der Waals surface area contributed by atoms with Crippen molar-refractivity contribution >= 4 is 11.7 Å². The highest BCUT2D eigenvalue weighted by atomic mass is 15.2. The van der Waals surface area contributed by atoms with Gasteiger partial charge < -0.3 is 5.32 Å². The standard InChI is InChI=1S/C18H14N6/c1-7-19-8-2-13(1)16-22-17(14-3-9-20-10-4-14)24-18(23-16)15-5-11-21-12-6-15/h1-12,16H,(H,22,23,24). The fourth-order valence-electron chi connectivity index (χ4n) is 2.45. The Morgan fingerprint density at radius 2 is 1.00 bits per heavy atom. The van der Waals surface area contributed by atoms with Crippen LogP contribution >= 0.6 is 0 Å². The summed E-state index contributed by atoms with van der Waals surface area (Å²) in [5.41, 5.74) is 2.92. The molecule has 4 heterocycles. The summed E-state index contributed by atoms with van der Waals surface area (Å²) in [6.07, 6.45) is 10.2. The summed E-state index contributed by atoms with van der Waals surface area (Å²) in [6, 6.07) is 11.5. The van der Waals surface area contributed by atoms with Gasteiger partial charge in [0.15, 0.2) is 6.17 Å². The molecule has 0 unspecified atom stereocenters. The van der Waals surface area contributed by atoms with Crippen LogP contribution in [0, 0.1) is 0 Å². The number of nitrogens with one attached hydrogen (secondary N) is 1. The summed E-state index contributed by atoms with van der Waals surface area (Å²) in [6.45, 7) is 0. The lowest BCUT2D eigenvalue weighted by atomic mass is 10.1. The molecule has 4 rings (SSSR count). The Morgan fingerprint density at radius 1 is 0.583 bits per heavy atom. The zero-order chi connectivity index (χ0) is 16.2. The molecule has 0 amide bonds. The van der Waals surface area contributed by atoms with E-state index >= 15 is 0 Å². The van der Waals surface area contributed by atoms with Gasteiger partial charge in [-0.05, 0) is 36.4 Å². The van der Waals surface area contributed by atoms with Gasteiger partial charge in [0.25, 0.3) is 0 Å². The quantitative estimate of drug-likeness (QED) is 0.805. The van der Waals surface area contributed by atoms with E-state index in [2.05, 4.69) is 20.3 Å². The molecule has 0 spiro atoms. The van der Waals surface area contributed by atoms with Crippen molar-refractivity contribution in [2.75, 3.05) is 0 Å². The second-order valence-electron chi connectivity index (χ2n) is 5.21. The molecule has 24 heavy (non-hydrogen) atoms. The maximum absolute atomic E-state index is 4.74. The van der Waals surface area contributed by atoms with Gasteiger partial charge in [-0.1, -0.05) is 0 Å². The van der Waals surface area contributed by atoms with Crippen LogP contribution in [0.5, 0.6) is 0 Å². The van der Waals surface area contributed by atoms with Crippen molar-refractivity contribution in [3.05, 3.63) is 90.3 Å². The van der Waals surface area contributed by atoms with Crippen molar-refractivity contribution in [3.63, 3.8) is 0 Å². The number of hydrogen-bond donors (Lipinski definition) is 1. The molecule has 6 nitrogen and oxygen atoms in total. The van der Waals surface area contributed by atoms with Crippen LogP contribution in [0.15, 0.2) is 83.6 Å². The second kappa shape index (κ2) is 6.37. The summed E-state index contributed by atoms with van der Waals surface area (Å²) in [5.74, 6) is 1.53. The molecule has 0 aromatic carbocycles. The third-order valence-corrected chi connectivity index (χ3v) is 3.65. The lowest BCUT2D eigenvalue weighted by Gasteiger charge is -2.22. The molecule has 0 bridgehead atoms. The first-order valence-electron chi connectivity index (χ1n) is 7.53. The molecular weight excluding hydrogens is 300 g/mol. The lowest BCUT2D eigenvalue weighted by molar-refractivity contribution is 0.754. The highest BCUT2D eigenvalue weighted by molar-refractivity contribution is 6.15. The third-order valence-electron chi connectivity index (χ3n) is 3.65. The van der Waals surface area contributed by atoms with Crippen LogP contribution in [-0.4, -0.2) is 26.6 Å². The Kier molecular flexibility index (Phi) is 3.77. The highest BCUT2D eigenvalue weighted by Crippen LogP contribution is 2.23. The van der Waals surface area contributed by atoms with Crippen LogP contribution in [0.3, 0.4) is 0 Å². The fourth-order valence-corrected chi connectivity index (χ4v) is 2.45. The average Bonchev–Trinajstić information content (AvgIpc) is 2.70. The van der Waals surface area contributed by atoms with Gasteiger partial charge in [0.05, 0.1) is 0 Å².